The normalized spacial score (nSPS) is 23.4. The number of hydrogen-bond acceptors (Lipinski definition) is 2. The van der Waals surface area contributed by atoms with Gasteiger partial charge in [-0.15, -0.1) is 0 Å². The number of hydrogen-bond donors (Lipinski definition) is 0. The molecule has 1 aliphatic carbocycles. The number of nitrogens with zero attached hydrogens (tertiary/aromatic N) is 2. The topological polar surface area (TPSA) is 23.6 Å². The number of likely N-dealkylation sites (tertiary alicyclic amines) is 1. The van der Waals surface area contributed by atoms with Crippen LogP contribution in [0.3, 0.4) is 0 Å². The highest BCUT2D eigenvalue weighted by molar-refractivity contribution is 5.81. The van der Waals surface area contributed by atoms with Gasteiger partial charge in [-0.3, -0.25) is 4.79 Å². The lowest BCUT2D eigenvalue weighted by Gasteiger charge is -2.42. The molecule has 0 N–H and O–H groups in total. The van der Waals surface area contributed by atoms with E-state index >= 15 is 0 Å². The standard InChI is InChI=1S/C17H32N2O/c1-17(2,3)16(20)19-12-10-15(11-13-19)18(4)14-8-6-5-7-9-14/h14-15H,5-13H2,1-4H3. The number of carbonyl (C=O) groups is 1. The zero-order chi connectivity index (χ0) is 14.8. The summed E-state index contributed by atoms with van der Waals surface area (Å²) in [6.45, 7) is 7.95. The van der Waals surface area contributed by atoms with Gasteiger partial charge in [0, 0.05) is 30.6 Å². The molecule has 1 amide bonds. The van der Waals surface area contributed by atoms with Crippen LogP contribution in [0.5, 0.6) is 0 Å². The van der Waals surface area contributed by atoms with E-state index in [0.717, 1.165) is 32.0 Å². The van der Waals surface area contributed by atoms with Crippen molar-refractivity contribution in [3.05, 3.63) is 0 Å². The van der Waals surface area contributed by atoms with Gasteiger partial charge in [-0.05, 0) is 32.7 Å². The Morgan fingerprint density at radius 1 is 0.950 bits per heavy atom. The smallest absolute Gasteiger partial charge is 0.227 e. The van der Waals surface area contributed by atoms with E-state index in [1.807, 2.05) is 20.8 Å². The third kappa shape index (κ3) is 3.75. The minimum atomic E-state index is -0.234. The van der Waals surface area contributed by atoms with Crippen LogP contribution >= 0.6 is 0 Å². The molecule has 2 aliphatic rings. The zero-order valence-corrected chi connectivity index (χ0v) is 13.8. The molecule has 0 aromatic heterocycles. The quantitative estimate of drug-likeness (QED) is 0.775. The Hall–Kier alpha value is -0.570. The van der Waals surface area contributed by atoms with Crippen LogP contribution in [0.15, 0.2) is 0 Å². The molecule has 3 nitrogen and oxygen atoms in total. The average Bonchev–Trinajstić information content (AvgIpc) is 2.46. The summed E-state index contributed by atoms with van der Waals surface area (Å²) in [5, 5.41) is 0. The molecule has 3 heteroatoms. The number of rotatable bonds is 2. The van der Waals surface area contributed by atoms with Crippen molar-refractivity contribution in [3.8, 4) is 0 Å². The molecule has 0 aromatic carbocycles. The first-order chi connectivity index (χ1) is 9.39. The summed E-state index contributed by atoms with van der Waals surface area (Å²) >= 11 is 0. The molecule has 1 saturated heterocycles. The van der Waals surface area contributed by atoms with E-state index in [-0.39, 0.29) is 5.41 Å². The maximum absolute atomic E-state index is 12.3. The summed E-state index contributed by atoms with van der Waals surface area (Å²) in [6.07, 6.45) is 9.26. The second-order valence-electron chi connectivity index (χ2n) is 7.73. The lowest BCUT2D eigenvalue weighted by molar-refractivity contribution is -0.141. The fourth-order valence-corrected chi connectivity index (χ4v) is 3.74. The minimum Gasteiger partial charge on any atom is -0.342 e. The van der Waals surface area contributed by atoms with Crippen LogP contribution in [0.2, 0.25) is 0 Å². The molecular formula is C17H32N2O. The van der Waals surface area contributed by atoms with Crippen LogP contribution in [-0.2, 0) is 4.79 Å². The first kappa shape index (κ1) is 15.8. The van der Waals surface area contributed by atoms with Crippen molar-refractivity contribution < 1.29 is 4.79 Å². The van der Waals surface area contributed by atoms with Crippen LogP contribution in [0, 0.1) is 5.41 Å². The van der Waals surface area contributed by atoms with E-state index in [2.05, 4.69) is 16.8 Å². The van der Waals surface area contributed by atoms with Crippen molar-refractivity contribution in [2.45, 2.75) is 77.8 Å². The zero-order valence-electron chi connectivity index (χ0n) is 13.8. The van der Waals surface area contributed by atoms with Crippen molar-refractivity contribution in [2.24, 2.45) is 5.41 Å². The second kappa shape index (κ2) is 6.46. The van der Waals surface area contributed by atoms with E-state index in [1.54, 1.807) is 0 Å². The SMILES string of the molecule is CN(C1CCCCC1)C1CCN(C(=O)C(C)(C)C)CC1. The Kier molecular flexibility index (Phi) is 5.11. The average molecular weight is 280 g/mol. The van der Waals surface area contributed by atoms with Crippen LogP contribution in [-0.4, -0.2) is 47.9 Å². The fraction of sp³-hybridized carbons (Fsp3) is 0.941. The minimum absolute atomic E-state index is 0.234. The van der Waals surface area contributed by atoms with Crippen molar-refractivity contribution in [2.75, 3.05) is 20.1 Å². The summed E-state index contributed by atoms with van der Waals surface area (Å²) in [6, 6.07) is 1.47. The van der Waals surface area contributed by atoms with Gasteiger partial charge < -0.3 is 9.80 Å². The Labute approximate surface area is 124 Å². The summed E-state index contributed by atoms with van der Waals surface area (Å²) in [4.78, 5) is 17.0. The summed E-state index contributed by atoms with van der Waals surface area (Å²) in [5.74, 6) is 0.316. The fourth-order valence-electron chi connectivity index (χ4n) is 3.74. The largest absolute Gasteiger partial charge is 0.342 e. The van der Waals surface area contributed by atoms with Crippen molar-refractivity contribution >= 4 is 5.91 Å². The molecule has 1 aliphatic heterocycles. The number of carbonyl (C=O) groups excluding carboxylic acids is 1. The van der Waals surface area contributed by atoms with Gasteiger partial charge >= 0.3 is 0 Å². The first-order valence-corrected chi connectivity index (χ1v) is 8.41. The van der Waals surface area contributed by atoms with Crippen LogP contribution in [0.25, 0.3) is 0 Å². The van der Waals surface area contributed by atoms with Gasteiger partial charge in [-0.1, -0.05) is 40.0 Å². The van der Waals surface area contributed by atoms with E-state index in [0.29, 0.717) is 11.9 Å². The van der Waals surface area contributed by atoms with Crippen molar-refractivity contribution in [1.29, 1.82) is 0 Å². The molecule has 0 bridgehead atoms. The Morgan fingerprint density at radius 2 is 1.45 bits per heavy atom. The maximum Gasteiger partial charge on any atom is 0.227 e. The van der Waals surface area contributed by atoms with E-state index in [4.69, 9.17) is 0 Å². The number of piperidine rings is 1. The molecule has 0 unspecified atom stereocenters. The molecule has 116 valence electrons. The highest BCUT2D eigenvalue weighted by atomic mass is 16.2. The molecular weight excluding hydrogens is 248 g/mol. The highest BCUT2D eigenvalue weighted by Gasteiger charge is 2.32. The maximum atomic E-state index is 12.3. The summed E-state index contributed by atoms with van der Waals surface area (Å²) in [5.41, 5.74) is -0.234. The molecule has 0 atom stereocenters. The van der Waals surface area contributed by atoms with Crippen LogP contribution in [0.1, 0.15) is 65.7 Å². The van der Waals surface area contributed by atoms with Gasteiger partial charge in [0.1, 0.15) is 0 Å². The van der Waals surface area contributed by atoms with Crippen molar-refractivity contribution in [3.63, 3.8) is 0 Å². The third-order valence-corrected chi connectivity index (χ3v) is 5.12. The molecule has 1 saturated carbocycles. The Bertz CT molecular complexity index is 320. The molecule has 20 heavy (non-hydrogen) atoms. The van der Waals surface area contributed by atoms with Gasteiger partial charge in [0.25, 0.3) is 0 Å². The summed E-state index contributed by atoms with van der Waals surface area (Å²) in [7, 11) is 2.31. The highest BCUT2D eigenvalue weighted by Crippen LogP contribution is 2.27. The monoisotopic (exact) mass is 280 g/mol. The Balaban J connectivity index is 1.83. The predicted octanol–water partition coefficient (Wildman–Crippen LogP) is 3.29. The lowest BCUT2D eigenvalue weighted by atomic mass is 9.90. The molecule has 0 spiro atoms. The van der Waals surface area contributed by atoms with Gasteiger partial charge in [0.05, 0.1) is 0 Å². The van der Waals surface area contributed by atoms with Crippen molar-refractivity contribution in [1.82, 2.24) is 9.80 Å². The summed E-state index contributed by atoms with van der Waals surface area (Å²) < 4.78 is 0. The van der Waals surface area contributed by atoms with Crippen LogP contribution in [0.4, 0.5) is 0 Å². The number of amides is 1. The van der Waals surface area contributed by atoms with Gasteiger partial charge in [-0.2, -0.15) is 0 Å². The molecule has 0 aromatic rings. The third-order valence-electron chi connectivity index (χ3n) is 5.12. The molecule has 2 rings (SSSR count). The van der Waals surface area contributed by atoms with Gasteiger partial charge in [0.2, 0.25) is 5.91 Å². The van der Waals surface area contributed by atoms with E-state index < -0.39 is 0 Å². The molecule has 0 radical (unpaired) electrons. The van der Waals surface area contributed by atoms with Crippen LogP contribution < -0.4 is 0 Å². The second-order valence-corrected chi connectivity index (χ2v) is 7.73. The predicted molar refractivity (Wildman–Crippen MR) is 83.7 cm³/mol. The molecule has 2 fully saturated rings. The van der Waals surface area contributed by atoms with E-state index in [9.17, 15) is 4.79 Å². The van der Waals surface area contributed by atoms with Gasteiger partial charge in [0.15, 0.2) is 0 Å². The van der Waals surface area contributed by atoms with E-state index in [1.165, 1.54) is 32.1 Å². The first-order valence-electron chi connectivity index (χ1n) is 8.41. The van der Waals surface area contributed by atoms with Gasteiger partial charge in [-0.25, -0.2) is 0 Å². The molecule has 1 heterocycles. The lowest BCUT2D eigenvalue weighted by Crippen LogP contribution is -2.50. The Morgan fingerprint density at radius 3 is 1.95 bits per heavy atom.